The monoisotopic (exact) mass is 506 g/mol. The Morgan fingerprint density at radius 2 is 1.61 bits per heavy atom. The van der Waals surface area contributed by atoms with Gasteiger partial charge in [-0.3, -0.25) is 9.59 Å². The Hall–Kier alpha value is -4.39. The van der Waals surface area contributed by atoms with Crippen LogP contribution in [0.1, 0.15) is 50.6 Å². The molecule has 0 atom stereocenters. The summed E-state index contributed by atoms with van der Waals surface area (Å²) in [5.74, 6) is 0.829. The van der Waals surface area contributed by atoms with Gasteiger partial charge in [0.1, 0.15) is 5.76 Å². The molecule has 1 saturated heterocycles. The third-order valence-electron chi connectivity index (χ3n) is 7.53. The molecule has 0 saturated carbocycles. The number of rotatable bonds is 4. The van der Waals surface area contributed by atoms with Crippen LogP contribution in [0.2, 0.25) is 0 Å². The van der Waals surface area contributed by atoms with Gasteiger partial charge in [-0.25, -0.2) is 5.43 Å². The van der Waals surface area contributed by atoms with E-state index >= 15 is 0 Å². The normalized spacial score (nSPS) is 16.5. The molecule has 2 heterocycles. The van der Waals surface area contributed by atoms with Crippen LogP contribution in [-0.2, 0) is 6.42 Å². The Morgan fingerprint density at radius 3 is 2.42 bits per heavy atom. The van der Waals surface area contributed by atoms with Crippen molar-refractivity contribution in [2.75, 3.05) is 31.1 Å². The van der Waals surface area contributed by atoms with Gasteiger partial charge in [0.25, 0.3) is 11.8 Å². The molecular formula is C31H30N4O3. The average molecular weight is 507 g/mol. The van der Waals surface area contributed by atoms with E-state index in [2.05, 4.69) is 27.6 Å². The number of furan rings is 1. The zero-order valence-electron chi connectivity index (χ0n) is 21.4. The molecular weight excluding hydrogens is 476 g/mol. The number of nitrogens with zero attached hydrogens (tertiary/aromatic N) is 3. The molecule has 6 rings (SSSR count). The Morgan fingerprint density at radius 1 is 0.868 bits per heavy atom. The lowest BCUT2D eigenvalue weighted by Gasteiger charge is -2.35. The van der Waals surface area contributed by atoms with Crippen LogP contribution < -0.4 is 10.3 Å². The standard InChI is InChI=1S/C31H30N4O3/c1-21-28-26(32-33-30(36)25-14-7-10-22-9-5-6-13-24(22)25)15-8-16-27(28)38-29(21)31(37)35-19-17-34(18-20-35)23-11-3-2-4-12-23/h2-7,9-14H,8,15-20H2,1H3,(H,33,36)/b32-26+. The first-order valence-electron chi connectivity index (χ1n) is 13.2. The highest BCUT2D eigenvalue weighted by molar-refractivity contribution is 6.09. The molecule has 1 aromatic heterocycles. The summed E-state index contributed by atoms with van der Waals surface area (Å²) in [7, 11) is 0. The van der Waals surface area contributed by atoms with Crippen molar-refractivity contribution in [3.8, 4) is 0 Å². The van der Waals surface area contributed by atoms with Gasteiger partial charge < -0.3 is 14.2 Å². The van der Waals surface area contributed by atoms with Crippen LogP contribution in [-0.4, -0.2) is 48.6 Å². The van der Waals surface area contributed by atoms with Crippen LogP contribution >= 0.6 is 0 Å². The molecule has 0 spiro atoms. The predicted molar refractivity (Wildman–Crippen MR) is 149 cm³/mol. The van der Waals surface area contributed by atoms with Crippen molar-refractivity contribution < 1.29 is 14.0 Å². The number of aryl methyl sites for hydroxylation is 1. The minimum Gasteiger partial charge on any atom is -0.455 e. The third kappa shape index (κ3) is 4.45. The molecule has 2 amide bonds. The van der Waals surface area contributed by atoms with E-state index in [0.717, 1.165) is 59.3 Å². The summed E-state index contributed by atoms with van der Waals surface area (Å²) >= 11 is 0. The van der Waals surface area contributed by atoms with Gasteiger partial charge in [-0.05, 0) is 48.7 Å². The van der Waals surface area contributed by atoms with Crippen LogP contribution in [0.3, 0.4) is 0 Å². The number of hydrazone groups is 1. The second-order valence-electron chi connectivity index (χ2n) is 9.85. The topological polar surface area (TPSA) is 78.2 Å². The largest absolute Gasteiger partial charge is 0.455 e. The lowest BCUT2D eigenvalue weighted by Crippen LogP contribution is -2.48. The quantitative estimate of drug-likeness (QED) is 0.387. The van der Waals surface area contributed by atoms with Crippen molar-refractivity contribution in [1.82, 2.24) is 10.3 Å². The summed E-state index contributed by atoms with van der Waals surface area (Å²) in [6, 6.07) is 23.8. The van der Waals surface area contributed by atoms with E-state index in [-0.39, 0.29) is 11.8 Å². The molecule has 7 heteroatoms. The van der Waals surface area contributed by atoms with Gasteiger partial charge in [-0.15, -0.1) is 0 Å². The Labute approximate surface area is 221 Å². The van der Waals surface area contributed by atoms with Gasteiger partial charge in [-0.1, -0.05) is 54.6 Å². The minimum absolute atomic E-state index is 0.0799. The Balaban J connectivity index is 1.19. The van der Waals surface area contributed by atoms with Crippen LogP contribution in [0.25, 0.3) is 10.8 Å². The minimum atomic E-state index is -0.254. The maximum atomic E-state index is 13.5. The maximum absolute atomic E-state index is 13.5. The number of para-hydroxylation sites is 1. The number of benzene rings is 3. The maximum Gasteiger partial charge on any atom is 0.289 e. The van der Waals surface area contributed by atoms with Crippen molar-refractivity contribution in [2.24, 2.45) is 5.10 Å². The molecule has 0 bridgehead atoms. The first kappa shape index (κ1) is 24.0. The average Bonchev–Trinajstić information content (AvgIpc) is 3.32. The predicted octanol–water partition coefficient (Wildman–Crippen LogP) is 5.17. The van der Waals surface area contributed by atoms with Crippen molar-refractivity contribution in [3.05, 3.63) is 101 Å². The SMILES string of the molecule is Cc1c(C(=O)N2CCN(c3ccccc3)CC2)oc2c1/C(=N/NC(=O)c1cccc3ccccc13)CCC2. The third-order valence-corrected chi connectivity index (χ3v) is 7.53. The van der Waals surface area contributed by atoms with Crippen molar-refractivity contribution in [1.29, 1.82) is 0 Å². The number of nitrogens with one attached hydrogen (secondary N) is 1. The van der Waals surface area contributed by atoms with E-state index in [1.54, 1.807) is 0 Å². The number of amides is 2. The summed E-state index contributed by atoms with van der Waals surface area (Å²) in [6.07, 6.45) is 2.32. The van der Waals surface area contributed by atoms with Gasteiger partial charge >= 0.3 is 0 Å². The zero-order chi connectivity index (χ0) is 26.1. The molecule has 1 N–H and O–H groups in total. The molecule has 4 aromatic rings. The fourth-order valence-corrected chi connectivity index (χ4v) is 5.54. The molecule has 0 radical (unpaired) electrons. The molecule has 1 aliphatic heterocycles. The fourth-order valence-electron chi connectivity index (χ4n) is 5.54. The molecule has 7 nitrogen and oxygen atoms in total. The fraction of sp³-hybridized carbons (Fsp3) is 0.258. The molecule has 2 aliphatic rings. The molecule has 192 valence electrons. The highest BCUT2D eigenvalue weighted by atomic mass is 16.4. The van der Waals surface area contributed by atoms with E-state index in [1.165, 1.54) is 5.69 Å². The van der Waals surface area contributed by atoms with Crippen LogP contribution in [0.5, 0.6) is 0 Å². The number of piperazine rings is 1. The second kappa shape index (κ2) is 10.2. The van der Waals surface area contributed by atoms with Crippen LogP contribution in [0, 0.1) is 6.92 Å². The first-order valence-corrected chi connectivity index (χ1v) is 13.2. The molecule has 1 aliphatic carbocycles. The number of carbonyl (C=O) groups is 2. The second-order valence-corrected chi connectivity index (χ2v) is 9.85. The van der Waals surface area contributed by atoms with Crippen LogP contribution in [0.15, 0.2) is 82.3 Å². The van der Waals surface area contributed by atoms with Gasteiger partial charge in [0.15, 0.2) is 5.76 Å². The van der Waals surface area contributed by atoms with E-state index in [0.29, 0.717) is 30.8 Å². The van der Waals surface area contributed by atoms with E-state index in [9.17, 15) is 9.59 Å². The van der Waals surface area contributed by atoms with Crippen molar-refractivity contribution in [2.45, 2.75) is 26.2 Å². The van der Waals surface area contributed by atoms with Crippen molar-refractivity contribution >= 4 is 34.0 Å². The summed E-state index contributed by atoms with van der Waals surface area (Å²) in [4.78, 5) is 30.7. The summed E-state index contributed by atoms with van der Waals surface area (Å²) in [6.45, 7) is 4.76. The van der Waals surface area contributed by atoms with Gasteiger partial charge in [-0.2, -0.15) is 5.10 Å². The molecule has 1 fully saturated rings. The Kier molecular flexibility index (Phi) is 6.42. The Bertz CT molecular complexity index is 1530. The smallest absolute Gasteiger partial charge is 0.289 e. The summed E-state index contributed by atoms with van der Waals surface area (Å²) in [5, 5.41) is 6.41. The van der Waals surface area contributed by atoms with Gasteiger partial charge in [0, 0.05) is 55.0 Å². The van der Waals surface area contributed by atoms with Crippen LogP contribution in [0.4, 0.5) is 5.69 Å². The number of fused-ring (bicyclic) bond motifs is 2. The van der Waals surface area contributed by atoms with E-state index in [1.807, 2.05) is 72.5 Å². The number of hydrogen-bond acceptors (Lipinski definition) is 5. The first-order chi connectivity index (χ1) is 18.6. The summed E-state index contributed by atoms with van der Waals surface area (Å²) in [5.41, 5.74) is 6.94. The molecule has 0 unspecified atom stereocenters. The van der Waals surface area contributed by atoms with Gasteiger partial charge in [0.05, 0.1) is 5.71 Å². The zero-order valence-corrected chi connectivity index (χ0v) is 21.4. The van der Waals surface area contributed by atoms with Crippen molar-refractivity contribution in [3.63, 3.8) is 0 Å². The lowest BCUT2D eigenvalue weighted by atomic mass is 9.93. The molecule has 38 heavy (non-hydrogen) atoms. The van der Waals surface area contributed by atoms with E-state index in [4.69, 9.17) is 4.42 Å². The molecule has 3 aromatic carbocycles. The lowest BCUT2D eigenvalue weighted by molar-refractivity contribution is 0.0711. The van der Waals surface area contributed by atoms with E-state index < -0.39 is 0 Å². The number of hydrogen-bond donors (Lipinski definition) is 1. The number of anilines is 1. The summed E-state index contributed by atoms with van der Waals surface area (Å²) < 4.78 is 6.14. The highest BCUT2D eigenvalue weighted by Gasteiger charge is 2.31. The van der Waals surface area contributed by atoms with Gasteiger partial charge in [0.2, 0.25) is 0 Å². The highest BCUT2D eigenvalue weighted by Crippen LogP contribution is 2.31. The number of carbonyl (C=O) groups excluding carboxylic acids is 2.